The van der Waals surface area contributed by atoms with Gasteiger partial charge in [0.2, 0.25) is 5.82 Å². The van der Waals surface area contributed by atoms with Gasteiger partial charge >= 0.3 is 5.69 Å². The van der Waals surface area contributed by atoms with Gasteiger partial charge in [0.25, 0.3) is 5.91 Å². The number of amides is 1. The van der Waals surface area contributed by atoms with Crippen LogP contribution in [0.5, 0.6) is 0 Å². The number of hydrogen-bond donors (Lipinski definition) is 0. The summed E-state index contributed by atoms with van der Waals surface area (Å²) in [6, 6.07) is 3.26. The third-order valence-corrected chi connectivity index (χ3v) is 3.67. The van der Waals surface area contributed by atoms with Gasteiger partial charge in [-0.25, -0.2) is 0 Å². The van der Waals surface area contributed by atoms with Gasteiger partial charge in [-0.2, -0.15) is 4.39 Å². The van der Waals surface area contributed by atoms with Crippen molar-refractivity contribution in [2.24, 2.45) is 11.8 Å². The molecule has 0 saturated carbocycles. The second-order valence-corrected chi connectivity index (χ2v) is 5.09. The van der Waals surface area contributed by atoms with Crippen LogP contribution in [0.15, 0.2) is 18.2 Å². The van der Waals surface area contributed by atoms with Crippen LogP contribution >= 0.6 is 0 Å². The summed E-state index contributed by atoms with van der Waals surface area (Å²) >= 11 is 0. The Balaban J connectivity index is 2.25. The molecule has 5 nitrogen and oxygen atoms in total. The minimum Gasteiger partial charge on any atom is -0.338 e. The van der Waals surface area contributed by atoms with E-state index >= 15 is 0 Å². The van der Waals surface area contributed by atoms with E-state index in [1.165, 1.54) is 6.07 Å². The number of rotatable bonds is 2. The predicted octanol–water partition coefficient (Wildman–Crippen LogP) is 2.46. The van der Waals surface area contributed by atoms with E-state index in [-0.39, 0.29) is 11.5 Å². The molecule has 1 saturated heterocycles. The number of hydrogen-bond acceptors (Lipinski definition) is 3. The van der Waals surface area contributed by atoms with Gasteiger partial charge in [-0.3, -0.25) is 14.9 Å². The van der Waals surface area contributed by atoms with Crippen LogP contribution in [-0.2, 0) is 0 Å². The molecule has 1 heterocycles. The fraction of sp³-hybridized carbons (Fsp3) is 0.462. The topological polar surface area (TPSA) is 63.5 Å². The van der Waals surface area contributed by atoms with Crippen LogP contribution in [0.4, 0.5) is 10.1 Å². The first-order chi connectivity index (χ1) is 8.90. The Bertz CT molecular complexity index is 523. The van der Waals surface area contributed by atoms with Gasteiger partial charge in [0, 0.05) is 24.7 Å². The SMILES string of the molecule is CC1CN(C(=O)c2ccc(F)c([N+](=O)[O-])c2)CC1C. The fourth-order valence-corrected chi connectivity index (χ4v) is 2.26. The quantitative estimate of drug-likeness (QED) is 0.610. The van der Waals surface area contributed by atoms with Crippen LogP contribution in [0.25, 0.3) is 0 Å². The van der Waals surface area contributed by atoms with Gasteiger partial charge in [0.15, 0.2) is 0 Å². The number of carbonyl (C=O) groups excluding carboxylic acids is 1. The number of halogens is 1. The van der Waals surface area contributed by atoms with Crippen molar-refractivity contribution in [2.45, 2.75) is 13.8 Å². The molecule has 2 atom stereocenters. The largest absolute Gasteiger partial charge is 0.338 e. The Morgan fingerprint density at radius 1 is 1.37 bits per heavy atom. The summed E-state index contributed by atoms with van der Waals surface area (Å²) in [4.78, 5) is 23.7. The van der Waals surface area contributed by atoms with E-state index in [0.717, 1.165) is 12.1 Å². The lowest BCUT2D eigenvalue weighted by atomic mass is 10.0. The highest BCUT2D eigenvalue weighted by molar-refractivity contribution is 5.95. The summed E-state index contributed by atoms with van der Waals surface area (Å²) in [7, 11) is 0. The molecule has 2 rings (SSSR count). The molecule has 1 aromatic carbocycles. The first-order valence-corrected chi connectivity index (χ1v) is 6.13. The smallest absolute Gasteiger partial charge is 0.305 e. The average molecular weight is 266 g/mol. The lowest BCUT2D eigenvalue weighted by Gasteiger charge is -2.15. The van der Waals surface area contributed by atoms with Crippen LogP contribution in [0, 0.1) is 27.8 Å². The molecule has 0 N–H and O–H groups in total. The maximum Gasteiger partial charge on any atom is 0.305 e. The summed E-state index contributed by atoms with van der Waals surface area (Å²) in [6.45, 7) is 5.38. The fourth-order valence-electron chi connectivity index (χ4n) is 2.26. The van der Waals surface area contributed by atoms with E-state index in [0.29, 0.717) is 24.9 Å². The lowest BCUT2D eigenvalue weighted by molar-refractivity contribution is -0.387. The lowest BCUT2D eigenvalue weighted by Crippen LogP contribution is -2.28. The molecule has 1 fully saturated rings. The van der Waals surface area contributed by atoms with Crippen molar-refractivity contribution >= 4 is 11.6 Å². The first kappa shape index (κ1) is 13.5. The molecule has 0 aromatic heterocycles. The minimum absolute atomic E-state index is 0.161. The maximum atomic E-state index is 13.2. The highest BCUT2D eigenvalue weighted by Crippen LogP contribution is 2.25. The molecule has 1 aliphatic heterocycles. The van der Waals surface area contributed by atoms with Crippen LogP contribution in [0.2, 0.25) is 0 Å². The van der Waals surface area contributed by atoms with Crippen molar-refractivity contribution < 1.29 is 14.1 Å². The van der Waals surface area contributed by atoms with Gasteiger partial charge in [0.1, 0.15) is 0 Å². The molecule has 0 bridgehead atoms. The second-order valence-electron chi connectivity index (χ2n) is 5.09. The molecule has 2 unspecified atom stereocenters. The molecular weight excluding hydrogens is 251 g/mol. The summed E-state index contributed by atoms with van der Waals surface area (Å²) in [6.07, 6.45) is 0. The molecule has 19 heavy (non-hydrogen) atoms. The predicted molar refractivity (Wildman–Crippen MR) is 67.3 cm³/mol. The van der Waals surface area contributed by atoms with Crippen LogP contribution in [0.3, 0.4) is 0 Å². The monoisotopic (exact) mass is 266 g/mol. The van der Waals surface area contributed by atoms with Gasteiger partial charge < -0.3 is 4.90 Å². The highest BCUT2D eigenvalue weighted by Gasteiger charge is 2.30. The molecule has 0 spiro atoms. The van der Waals surface area contributed by atoms with E-state index in [9.17, 15) is 19.3 Å². The third-order valence-electron chi connectivity index (χ3n) is 3.67. The van der Waals surface area contributed by atoms with Crippen molar-refractivity contribution in [3.8, 4) is 0 Å². The molecule has 0 aliphatic carbocycles. The van der Waals surface area contributed by atoms with Gasteiger partial charge in [-0.15, -0.1) is 0 Å². The van der Waals surface area contributed by atoms with E-state index in [4.69, 9.17) is 0 Å². The van der Waals surface area contributed by atoms with E-state index in [1.54, 1.807) is 4.90 Å². The number of nitro benzene ring substituents is 1. The zero-order chi connectivity index (χ0) is 14.2. The summed E-state index contributed by atoms with van der Waals surface area (Å²) in [5.41, 5.74) is -0.499. The number of nitro groups is 1. The van der Waals surface area contributed by atoms with Crippen molar-refractivity contribution in [1.29, 1.82) is 0 Å². The maximum absolute atomic E-state index is 13.2. The Hall–Kier alpha value is -1.98. The van der Waals surface area contributed by atoms with Crippen LogP contribution < -0.4 is 0 Å². The molecule has 102 valence electrons. The number of benzene rings is 1. The van der Waals surface area contributed by atoms with Crippen LogP contribution in [-0.4, -0.2) is 28.8 Å². The molecule has 1 aromatic rings. The summed E-state index contributed by atoms with van der Waals surface area (Å²) < 4.78 is 13.2. The minimum atomic E-state index is -0.926. The van der Waals surface area contributed by atoms with E-state index < -0.39 is 16.4 Å². The number of likely N-dealkylation sites (tertiary alicyclic amines) is 1. The van der Waals surface area contributed by atoms with Crippen molar-refractivity contribution in [3.05, 3.63) is 39.7 Å². The summed E-state index contributed by atoms with van der Waals surface area (Å²) in [5, 5.41) is 10.7. The zero-order valence-electron chi connectivity index (χ0n) is 10.8. The van der Waals surface area contributed by atoms with E-state index in [2.05, 4.69) is 13.8 Å². The van der Waals surface area contributed by atoms with Crippen molar-refractivity contribution in [2.75, 3.05) is 13.1 Å². The van der Waals surface area contributed by atoms with Gasteiger partial charge in [-0.1, -0.05) is 13.8 Å². The summed E-state index contributed by atoms with van der Waals surface area (Å²) in [5.74, 6) is -0.400. The zero-order valence-corrected chi connectivity index (χ0v) is 10.8. The molecule has 0 radical (unpaired) electrons. The second kappa shape index (κ2) is 4.95. The first-order valence-electron chi connectivity index (χ1n) is 6.13. The Morgan fingerprint density at radius 3 is 2.47 bits per heavy atom. The van der Waals surface area contributed by atoms with Crippen molar-refractivity contribution in [1.82, 2.24) is 4.90 Å². The highest BCUT2D eigenvalue weighted by atomic mass is 19.1. The molecular formula is C13H15FN2O3. The van der Waals surface area contributed by atoms with Crippen LogP contribution in [0.1, 0.15) is 24.2 Å². The van der Waals surface area contributed by atoms with E-state index in [1.807, 2.05) is 0 Å². The molecule has 6 heteroatoms. The Morgan fingerprint density at radius 2 is 1.95 bits per heavy atom. The average Bonchev–Trinajstić information content (AvgIpc) is 2.69. The Labute approximate surface area is 110 Å². The normalized spacial score (nSPS) is 22.6. The van der Waals surface area contributed by atoms with Crippen molar-refractivity contribution in [3.63, 3.8) is 0 Å². The standard InChI is InChI=1S/C13H15FN2O3/c1-8-6-15(7-9(8)2)13(17)10-3-4-11(14)12(5-10)16(18)19/h3-5,8-9H,6-7H2,1-2H3. The number of nitrogens with zero attached hydrogens (tertiary/aromatic N) is 2. The molecule has 1 aliphatic rings. The van der Waals surface area contributed by atoms with Gasteiger partial charge in [0.05, 0.1) is 4.92 Å². The molecule has 1 amide bonds. The van der Waals surface area contributed by atoms with Gasteiger partial charge in [-0.05, 0) is 24.0 Å². The third kappa shape index (κ3) is 2.57. The number of carbonyl (C=O) groups is 1. The Kier molecular flexibility index (Phi) is 3.50.